The number of anilines is 2. The summed E-state index contributed by atoms with van der Waals surface area (Å²) in [5.74, 6) is -0.198. The topological polar surface area (TPSA) is 43.9 Å². The molecule has 128 valence electrons. The molecule has 1 unspecified atom stereocenters. The molecule has 0 spiro atoms. The van der Waals surface area contributed by atoms with Crippen molar-refractivity contribution in [2.45, 2.75) is 12.5 Å². The van der Waals surface area contributed by atoms with Crippen LogP contribution in [0, 0.1) is 0 Å². The summed E-state index contributed by atoms with van der Waals surface area (Å²) < 4.78 is 0. The van der Waals surface area contributed by atoms with Crippen molar-refractivity contribution in [1.29, 1.82) is 0 Å². The monoisotopic (exact) mass is 335 g/mol. The Morgan fingerprint density at radius 2 is 1.28 bits per heavy atom. The summed E-state index contributed by atoms with van der Waals surface area (Å²) in [6.45, 7) is 3.32. The SMILES string of the molecule is O=C1CC(N2CCN(c3ccccc3)CC2)C(=O)N1c1ccccc1. The van der Waals surface area contributed by atoms with Gasteiger partial charge >= 0.3 is 0 Å². The third-order valence-electron chi connectivity index (χ3n) is 5.01. The molecule has 0 bridgehead atoms. The molecule has 5 nitrogen and oxygen atoms in total. The minimum atomic E-state index is -0.328. The second-order valence-electron chi connectivity index (χ2n) is 6.48. The molecular formula is C20H21N3O2. The fourth-order valence-corrected chi connectivity index (χ4v) is 3.68. The molecule has 4 rings (SSSR count). The average molecular weight is 335 g/mol. The van der Waals surface area contributed by atoms with E-state index >= 15 is 0 Å². The Bertz CT molecular complexity index is 755. The Morgan fingerprint density at radius 1 is 0.720 bits per heavy atom. The van der Waals surface area contributed by atoms with E-state index in [1.807, 2.05) is 48.5 Å². The van der Waals surface area contributed by atoms with Gasteiger partial charge in [-0.25, -0.2) is 4.90 Å². The normalized spacial score (nSPS) is 21.8. The molecule has 0 aromatic heterocycles. The molecule has 1 atom stereocenters. The fourth-order valence-electron chi connectivity index (χ4n) is 3.68. The van der Waals surface area contributed by atoms with E-state index in [-0.39, 0.29) is 24.3 Å². The minimum absolute atomic E-state index is 0.0932. The second kappa shape index (κ2) is 6.69. The molecule has 2 amide bonds. The van der Waals surface area contributed by atoms with Crippen molar-refractivity contribution in [1.82, 2.24) is 4.90 Å². The molecule has 2 saturated heterocycles. The molecule has 2 heterocycles. The fraction of sp³-hybridized carbons (Fsp3) is 0.300. The van der Waals surface area contributed by atoms with Crippen LogP contribution in [0.4, 0.5) is 11.4 Å². The molecular weight excluding hydrogens is 314 g/mol. The molecule has 5 heteroatoms. The van der Waals surface area contributed by atoms with Gasteiger partial charge in [0.05, 0.1) is 18.2 Å². The summed E-state index contributed by atoms with van der Waals surface area (Å²) in [5, 5.41) is 0. The molecule has 0 N–H and O–H groups in total. The maximum atomic E-state index is 12.8. The van der Waals surface area contributed by atoms with Crippen molar-refractivity contribution in [3.8, 4) is 0 Å². The maximum Gasteiger partial charge on any atom is 0.251 e. The Kier molecular flexibility index (Phi) is 4.24. The van der Waals surface area contributed by atoms with Crippen LogP contribution < -0.4 is 9.80 Å². The van der Waals surface area contributed by atoms with Crippen molar-refractivity contribution < 1.29 is 9.59 Å². The minimum Gasteiger partial charge on any atom is -0.369 e. The number of amides is 2. The van der Waals surface area contributed by atoms with Gasteiger partial charge in [-0.3, -0.25) is 14.5 Å². The number of nitrogens with zero attached hydrogens (tertiary/aromatic N) is 3. The zero-order valence-corrected chi connectivity index (χ0v) is 14.0. The number of carbonyl (C=O) groups excluding carboxylic acids is 2. The van der Waals surface area contributed by atoms with E-state index in [0.717, 1.165) is 26.2 Å². The van der Waals surface area contributed by atoms with E-state index in [9.17, 15) is 9.59 Å². The summed E-state index contributed by atoms with van der Waals surface area (Å²) in [6, 6.07) is 19.2. The first-order valence-corrected chi connectivity index (χ1v) is 8.70. The Hall–Kier alpha value is -2.66. The summed E-state index contributed by atoms with van der Waals surface area (Å²) >= 11 is 0. The number of hydrogen-bond acceptors (Lipinski definition) is 4. The predicted octanol–water partition coefficient (Wildman–Crippen LogP) is 2.14. The van der Waals surface area contributed by atoms with Gasteiger partial charge in [0.1, 0.15) is 0 Å². The zero-order valence-electron chi connectivity index (χ0n) is 14.0. The van der Waals surface area contributed by atoms with Gasteiger partial charge in [-0.05, 0) is 24.3 Å². The van der Waals surface area contributed by atoms with Crippen LogP contribution in [0.3, 0.4) is 0 Å². The van der Waals surface area contributed by atoms with Crippen molar-refractivity contribution in [2.24, 2.45) is 0 Å². The van der Waals surface area contributed by atoms with Crippen LogP contribution in [-0.4, -0.2) is 48.9 Å². The van der Waals surface area contributed by atoms with Gasteiger partial charge in [0.25, 0.3) is 5.91 Å². The van der Waals surface area contributed by atoms with Crippen molar-refractivity contribution in [2.75, 3.05) is 36.0 Å². The zero-order chi connectivity index (χ0) is 17.2. The van der Waals surface area contributed by atoms with Gasteiger partial charge in [-0.2, -0.15) is 0 Å². The van der Waals surface area contributed by atoms with Gasteiger partial charge in [0, 0.05) is 31.9 Å². The van der Waals surface area contributed by atoms with E-state index in [2.05, 4.69) is 21.9 Å². The molecule has 2 aromatic rings. The molecule has 2 aliphatic heterocycles. The number of hydrogen-bond donors (Lipinski definition) is 0. The van der Waals surface area contributed by atoms with Gasteiger partial charge in [-0.1, -0.05) is 36.4 Å². The molecule has 25 heavy (non-hydrogen) atoms. The highest BCUT2D eigenvalue weighted by molar-refractivity contribution is 6.22. The number of imide groups is 1. The number of piperazine rings is 1. The van der Waals surface area contributed by atoms with Crippen LogP contribution in [0.25, 0.3) is 0 Å². The third-order valence-corrected chi connectivity index (χ3v) is 5.01. The highest BCUT2D eigenvalue weighted by atomic mass is 16.2. The number of carbonyl (C=O) groups is 2. The first-order valence-electron chi connectivity index (χ1n) is 8.70. The van der Waals surface area contributed by atoms with Crippen LogP contribution >= 0.6 is 0 Å². The first kappa shape index (κ1) is 15.8. The second-order valence-corrected chi connectivity index (χ2v) is 6.48. The Labute approximate surface area is 147 Å². The average Bonchev–Trinajstić information content (AvgIpc) is 2.97. The largest absolute Gasteiger partial charge is 0.369 e. The van der Waals surface area contributed by atoms with Gasteiger partial charge < -0.3 is 4.90 Å². The summed E-state index contributed by atoms with van der Waals surface area (Å²) in [7, 11) is 0. The van der Waals surface area contributed by atoms with Crippen LogP contribution in [-0.2, 0) is 9.59 Å². The summed E-state index contributed by atoms with van der Waals surface area (Å²) in [6.07, 6.45) is 0.277. The van der Waals surface area contributed by atoms with Gasteiger partial charge in [-0.15, -0.1) is 0 Å². The molecule has 2 aliphatic rings. The number of para-hydroxylation sites is 2. The highest BCUT2D eigenvalue weighted by Gasteiger charge is 2.43. The Morgan fingerprint density at radius 3 is 1.88 bits per heavy atom. The lowest BCUT2D eigenvalue weighted by Crippen LogP contribution is -2.52. The highest BCUT2D eigenvalue weighted by Crippen LogP contribution is 2.26. The summed E-state index contributed by atoms with van der Waals surface area (Å²) in [4.78, 5) is 31.0. The van der Waals surface area contributed by atoms with Crippen LogP contribution in [0.5, 0.6) is 0 Å². The van der Waals surface area contributed by atoms with E-state index in [4.69, 9.17) is 0 Å². The van der Waals surface area contributed by atoms with E-state index in [1.165, 1.54) is 10.6 Å². The third kappa shape index (κ3) is 3.03. The quantitative estimate of drug-likeness (QED) is 0.806. The molecule has 0 radical (unpaired) electrons. The number of rotatable bonds is 3. The van der Waals surface area contributed by atoms with E-state index in [0.29, 0.717) is 5.69 Å². The smallest absolute Gasteiger partial charge is 0.251 e. The predicted molar refractivity (Wildman–Crippen MR) is 97.6 cm³/mol. The molecule has 2 aromatic carbocycles. The van der Waals surface area contributed by atoms with Crippen LogP contribution in [0.15, 0.2) is 60.7 Å². The van der Waals surface area contributed by atoms with Gasteiger partial charge in [0.2, 0.25) is 5.91 Å². The van der Waals surface area contributed by atoms with Crippen molar-refractivity contribution in [3.05, 3.63) is 60.7 Å². The summed E-state index contributed by atoms with van der Waals surface area (Å²) in [5.41, 5.74) is 1.88. The number of benzene rings is 2. The lowest BCUT2D eigenvalue weighted by atomic mass is 10.1. The van der Waals surface area contributed by atoms with Crippen LogP contribution in [0.1, 0.15) is 6.42 Å². The lowest BCUT2D eigenvalue weighted by Gasteiger charge is -2.38. The molecule has 2 fully saturated rings. The lowest BCUT2D eigenvalue weighted by molar-refractivity contribution is -0.123. The van der Waals surface area contributed by atoms with Crippen molar-refractivity contribution >= 4 is 23.2 Å². The maximum absolute atomic E-state index is 12.8. The standard InChI is InChI=1S/C20H21N3O2/c24-19-15-18(20(25)23(19)17-9-5-2-6-10-17)22-13-11-21(12-14-22)16-7-3-1-4-8-16/h1-10,18H,11-15H2. The molecule has 0 aliphatic carbocycles. The first-order chi connectivity index (χ1) is 12.2. The van der Waals surface area contributed by atoms with E-state index in [1.54, 1.807) is 0 Å². The van der Waals surface area contributed by atoms with Crippen molar-refractivity contribution in [3.63, 3.8) is 0 Å². The van der Waals surface area contributed by atoms with E-state index < -0.39 is 0 Å². The van der Waals surface area contributed by atoms with Gasteiger partial charge in [0.15, 0.2) is 0 Å². The van der Waals surface area contributed by atoms with Crippen LogP contribution in [0.2, 0.25) is 0 Å². The molecule has 0 saturated carbocycles. The Balaban J connectivity index is 1.44.